The standard InChI is InChI=1S/C11H10ClN3/c12-9-5-3-8(4-6-9)11(15-13)10-2-1-7-14-10/h1-7,14H,13H2/b15-11+. The first kappa shape index (κ1) is 9.80. The minimum atomic E-state index is 0.696. The highest BCUT2D eigenvalue weighted by atomic mass is 35.5. The van der Waals surface area contributed by atoms with Crippen molar-refractivity contribution in [2.45, 2.75) is 0 Å². The third-order valence-corrected chi connectivity index (χ3v) is 2.35. The molecule has 3 N–H and O–H groups in total. The van der Waals surface area contributed by atoms with E-state index >= 15 is 0 Å². The maximum Gasteiger partial charge on any atom is 0.113 e. The van der Waals surface area contributed by atoms with Crippen LogP contribution in [0.15, 0.2) is 47.7 Å². The van der Waals surface area contributed by atoms with Crippen LogP contribution in [-0.2, 0) is 0 Å². The molecule has 4 heteroatoms. The number of halogens is 1. The Kier molecular flexibility index (Phi) is 2.74. The molecule has 2 rings (SSSR count). The monoisotopic (exact) mass is 219 g/mol. The van der Waals surface area contributed by atoms with E-state index in [9.17, 15) is 0 Å². The molecule has 0 bridgehead atoms. The molecule has 1 aromatic heterocycles. The van der Waals surface area contributed by atoms with Gasteiger partial charge in [0.2, 0.25) is 0 Å². The van der Waals surface area contributed by atoms with Gasteiger partial charge in [-0.3, -0.25) is 0 Å². The van der Waals surface area contributed by atoms with E-state index in [1.807, 2.05) is 42.6 Å². The van der Waals surface area contributed by atoms with Crippen LogP contribution in [-0.4, -0.2) is 10.7 Å². The molecule has 0 atom stereocenters. The van der Waals surface area contributed by atoms with Crippen LogP contribution in [0.1, 0.15) is 11.3 Å². The van der Waals surface area contributed by atoms with Gasteiger partial charge in [-0.25, -0.2) is 0 Å². The van der Waals surface area contributed by atoms with Crippen molar-refractivity contribution in [1.82, 2.24) is 4.98 Å². The first-order valence-corrected chi connectivity index (χ1v) is 4.86. The molecule has 0 saturated heterocycles. The van der Waals surface area contributed by atoms with Gasteiger partial charge < -0.3 is 10.8 Å². The molecule has 0 spiro atoms. The molecular weight excluding hydrogens is 210 g/mol. The number of hydrogen-bond donors (Lipinski definition) is 2. The molecular formula is C11H10ClN3. The molecule has 0 aliphatic carbocycles. The number of nitrogens with one attached hydrogen (secondary N) is 1. The second-order valence-corrected chi connectivity index (χ2v) is 3.50. The van der Waals surface area contributed by atoms with Crippen molar-refractivity contribution in [3.63, 3.8) is 0 Å². The minimum Gasteiger partial charge on any atom is -0.360 e. The van der Waals surface area contributed by atoms with Gasteiger partial charge in [-0.1, -0.05) is 23.7 Å². The van der Waals surface area contributed by atoms with Crippen LogP contribution in [0.3, 0.4) is 0 Å². The highest BCUT2D eigenvalue weighted by Gasteiger charge is 2.06. The number of nitrogens with zero attached hydrogens (tertiary/aromatic N) is 1. The number of aromatic nitrogens is 1. The summed E-state index contributed by atoms with van der Waals surface area (Å²) >= 11 is 5.81. The molecule has 2 aromatic rings. The zero-order valence-electron chi connectivity index (χ0n) is 7.94. The first-order valence-electron chi connectivity index (χ1n) is 4.49. The molecule has 0 amide bonds. The first-order chi connectivity index (χ1) is 7.31. The van der Waals surface area contributed by atoms with E-state index in [-0.39, 0.29) is 0 Å². The van der Waals surface area contributed by atoms with Crippen LogP contribution in [0.4, 0.5) is 0 Å². The van der Waals surface area contributed by atoms with E-state index in [0.29, 0.717) is 5.02 Å². The lowest BCUT2D eigenvalue weighted by Crippen LogP contribution is -2.06. The summed E-state index contributed by atoms with van der Waals surface area (Å²) in [6.07, 6.45) is 1.83. The van der Waals surface area contributed by atoms with Gasteiger partial charge in [0.05, 0.1) is 5.69 Å². The van der Waals surface area contributed by atoms with Gasteiger partial charge in [-0.2, -0.15) is 5.10 Å². The zero-order chi connectivity index (χ0) is 10.7. The van der Waals surface area contributed by atoms with Crippen molar-refractivity contribution in [3.05, 3.63) is 58.9 Å². The van der Waals surface area contributed by atoms with Gasteiger partial charge in [0.25, 0.3) is 0 Å². The smallest absolute Gasteiger partial charge is 0.113 e. The van der Waals surface area contributed by atoms with Crippen molar-refractivity contribution in [1.29, 1.82) is 0 Å². The molecule has 3 nitrogen and oxygen atoms in total. The van der Waals surface area contributed by atoms with Gasteiger partial charge in [-0.05, 0) is 24.3 Å². The highest BCUT2D eigenvalue weighted by molar-refractivity contribution is 6.30. The highest BCUT2D eigenvalue weighted by Crippen LogP contribution is 2.13. The van der Waals surface area contributed by atoms with Gasteiger partial charge in [0, 0.05) is 16.8 Å². The predicted molar refractivity (Wildman–Crippen MR) is 62.1 cm³/mol. The lowest BCUT2D eigenvalue weighted by molar-refractivity contribution is 1.22. The van der Waals surface area contributed by atoms with Gasteiger partial charge in [0.15, 0.2) is 0 Å². The molecule has 0 fully saturated rings. The van der Waals surface area contributed by atoms with Crippen molar-refractivity contribution in [2.24, 2.45) is 10.9 Å². The lowest BCUT2D eigenvalue weighted by Gasteiger charge is -2.02. The fourth-order valence-electron chi connectivity index (χ4n) is 1.38. The van der Waals surface area contributed by atoms with E-state index in [4.69, 9.17) is 17.4 Å². The fraction of sp³-hybridized carbons (Fsp3) is 0. The number of H-pyrrole nitrogens is 1. The maximum absolute atomic E-state index is 5.81. The summed E-state index contributed by atoms with van der Waals surface area (Å²) in [6, 6.07) is 11.2. The van der Waals surface area contributed by atoms with Crippen LogP contribution in [0.25, 0.3) is 0 Å². The van der Waals surface area contributed by atoms with Crippen molar-refractivity contribution >= 4 is 17.3 Å². The Morgan fingerprint density at radius 3 is 2.47 bits per heavy atom. The maximum atomic E-state index is 5.81. The molecule has 0 aliphatic heterocycles. The van der Waals surface area contributed by atoms with Gasteiger partial charge in [-0.15, -0.1) is 0 Å². The number of nitrogens with two attached hydrogens (primary N) is 1. The number of rotatable bonds is 2. The minimum absolute atomic E-state index is 0.696. The van der Waals surface area contributed by atoms with Crippen molar-refractivity contribution < 1.29 is 0 Å². The van der Waals surface area contributed by atoms with Gasteiger partial charge in [0.1, 0.15) is 5.71 Å². The van der Waals surface area contributed by atoms with Crippen LogP contribution >= 0.6 is 11.6 Å². The Morgan fingerprint density at radius 1 is 1.20 bits per heavy atom. The van der Waals surface area contributed by atoms with E-state index in [0.717, 1.165) is 17.0 Å². The van der Waals surface area contributed by atoms with E-state index in [1.165, 1.54) is 0 Å². The van der Waals surface area contributed by atoms with Crippen molar-refractivity contribution in [3.8, 4) is 0 Å². The third-order valence-electron chi connectivity index (χ3n) is 2.10. The second-order valence-electron chi connectivity index (χ2n) is 3.07. The Hall–Kier alpha value is -1.74. The van der Waals surface area contributed by atoms with Crippen LogP contribution in [0.5, 0.6) is 0 Å². The molecule has 76 valence electrons. The molecule has 0 aliphatic rings. The summed E-state index contributed by atoms with van der Waals surface area (Å²) in [4.78, 5) is 3.06. The van der Waals surface area contributed by atoms with E-state index < -0.39 is 0 Å². The van der Waals surface area contributed by atoms with Gasteiger partial charge >= 0.3 is 0 Å². The SMILES string of the molecule is N/N=C(\c1ccc(Cl)cc1)c1ccc[nH]1. The molecule has 15 heavy (non-hydrogen) atoms. The normalized spacial score (nSPS) is 11.7. The quantitative estimate of drug-likeness (QED) is 0.455. The number of benzene rings is 1. The van der Waals surface area contributed by atoms with E-state index in [1.54, 1.807) is 0 Å². The Balaban J connectivity index is 2.41. The topological polar surface area (TPSA) is 54.2 Å². The summed E-state index contributed by atoms with van der Waals surface area (Å²) in [5, 5.41) is 4.47. The zero-order valence-corrected chi connectivity index (χ0v) is 8.70. The average Bonchev–Trinajstić information content (AvgIpc) is 2.75. The summed E-state index contributed by atoms with van der Waals surface area (Å²) in [5.74, 6) is 5.37. The lowest BCUT2D eigenvalue weighted by atomic mass is 10.1. The third kappa shape index (κ3) is 2.02. The Morgan fingerprint density at radius 2 is 1.93 bits per heavy atom. The van der Waals surface area contributed by atoms with Crippen LogP contribution in [0.2, 0.25) is 5.02 Å². The van der Waals surface area contributed by atoms with Crippen molar-refractivity contribution in [2.75, 3.05) is 0 Å². The Labute approximate surface area is 92.6 Å². The number of aromatic amines is 1. The summed E-state index contributed by atoms with van der Waals surface area (Å²) in [6.45, 7) is 0. The predicted octanol–water partition coefficient (Wildman–Crippen LogP) is 2.38. The summed E-state index contributed by atoms with van der Waals surface area (Å²) < 4.78 is 0. The molecule has 0 unspecified atom stereocenters. The molecule has 0 saturated carbocycles. The number of hydrazone groups is 1. The van der Waals surface area contributed by atoms with E-state index in [2.05, 4.69) is 10.1 Å². The fourth-order valence-corrected chi connectivity index (χ4v) is 1.51. The van der Waals surface area contributed by atoms with Crippen LogP contribution < -0.4 is 5.84 Å². The average molecular weight is 220 g/mol. The molecule has 1 aromatic carbocycles. The number of hydrogen-bond acceptors (Lipinski definition) is 2. The molecule has 1 heterocycles. The van der Waals surface area contributed by atoms with Crippen LogP contribution in [0, 0.1) is 0 Å². The summed E-state index contributed by atoms with van der Waals surface area (Å²) in [5.41, 5.74) is 2.54. The largest absolute Gasteiger partial charge is 0.360 e. The second kappa shape index (κ2) is 4.19. The summed E-state index contributed by atoms with van der Waals surface area (Å²) in [7, 11) is 0. The molecule has 0 radical (unpaired) electrons. The Bertz CT molecular complexity index is 457.